The van der Waals surface area contributed by atoms with Gasteiger partial charge in [-0.25, -0.2) is 0 Å². The first kappa shape index (κ1) is 19.4. The summed E-state index contributed by atoms with van der Waals surface area (Å²) in [6.07, 6.45) is 0. The fourth-order valence-electron chi connectivity index (χ4n) is 1.92. The zero-order valence-electron chi connectivity index (χ0n) is 13.7. The van der Waals surface area contributed by atoms with Gasteiger partial charge in [0.2, 0.25) is 0 Å². The molecule has 0 aromatic heterocycles. The lowest BCUT2D eigenvalue weighted by Gasteiger charge is -2.04. The van der Waals surface area contributed by atoms with Crippen LogP contribution in [0.15, 0.2) is 41.6 Å². The standard InChI is InChI=1S/C8H10N2O3.C8H12N2O/c1-13-5-6-4-7(9-11)2-3-8(6)10-12;1-11-5-6-4-7(9)2-3-8(6)10/h2-4,9,11H,5H2,1H3;2-4H,5,9-10H2,1H3. The number of ether oxygens (including phenoxy) is 2. The van der Waals surface area contributed by atoms with E-state index < -0.39 is 0 Å². The quantitative estimate of drug-likeness (QED) is 0.362. The second-order valence-corrected chi connectivity index (χ2v) is 4.87. The van der Waals surface area contributed by atoms with Gasteiger partial charge in [-0.3, -0.25) is 10.7 Å². The second kappa shape index (κ2) is 10.2. The van der Waals surface area contributed by atoms with Crippen molar-refractivity contribution >= 4 is 22.7 Å². The van der Waals surface area contributed by atoms with Crippen LogP contribution in [0.1, 0.15) is 11.1 Å². The molecule has 0 saturated heterocycles. The van der Waals surface area contributed by atoms with E-state index in [1.165, 1.54) is 13.2 Å². The van der Waals surface area contributed by atoms with E-state index in [1.54, 1.807) is 31.4 Å². The molecular weight excluding hydrogens is 312 g/mol. The highest BCUT2D eigenvalue weighted by molar-refractivity contribution is 5.56. The Balaban J connectivity index is 0.000000243. The number of nitrogens with zero attached hydrogens (tertiary/aromatic N) is 1. The fourth-order valence-corrected chi connectivity index (χ4v) is 1.92. The van der Waals surface area contributed by atoms with Crippen molar-refractivity contribution in [2.24, 2.45) is 5.18 Å². The Morgan fingerprint density at radius 1 is 1.04 bits per heavy atom. The molecule has 0 aliphatic carbocycles. The molecule has 0 bridgehead atoms. The molecule has 6 N–H and O–H groups in total. The van der Waals surface area contributed by atoms with Gasteiger partial charge in [-0.05, 0) is 41.6 Å². The van der Waals surface area contributed by atoms with Crippen LogP contribution in [-0.4, -0.2) is 19.4 Å². The number of hydrogen-bond donors (Lipinski definition) is 4. The summed E-state index contributed by atoms with van der Waals surface area (Å²) in [6, 6.07) is 10.0. The molecule has 0 heterocycles. The highest BCUT2D eigenvalue weighted by Gasteiger charge is 2.03. The third-order valence-electron chi connectivity index (χ3n) is 3.07. The average Bonchev–Trinajstić information content (AvgIpc) is 2.59. The number of methoxy groups -OCH3 is 2. The molecule has 0 saturated carbocycles. The Hall–Kier alpha value is -2.68. The summed E-state index contributed by atoms with van der Waals surface area (Å²) < 4.78 is 9.79. The molecule has 2 aromatic carbocycles. The number of rotatable bonds is 6. The van der Waals surface area contributed by atoms with Crippen molar-refractivity contribution in [1.29, 1.82) is 0 Å². The van der Waals surface area contributed by atoms with E-state index in [4.69, 9.17) is 26.1 Å². The summed E-state index contributed by atoms with van der Waals surface area (Å²) in [5, 5.41) is 11.4. The molecule has 130 valence electrons. The molecular formula is C16H22N4O4. The normalized spacial score (nSPS) is 9.79. The lowest BCUT2D eigenvalue weighted by molar-refractivity contribution is 0.185. The Bertz CT molecular complexity index is 665. The van der Waals surface area contributed by atoms with Crippen molar-refractivity contribution in [2.45, 2.75) is 13.2 Å². The molecule has 2 rings (SSSR count). The Morgan fingerprint density at radius 2 is 1.71 bits per heavy atom. The third-order valence-corrected chi connectivity index (χ3v) is 3.07. The largest absolute Gasteiger partial charge is 0.399 e. The SMILES string of the molecule is COCc1cc(N)ccc1N.COCc1cc(NO)ccc1N=O. The zero-order valence-corrected chi connectivity index (χ0v) is 13.7. The van der Waals surface area contributed by atoms with E-state index in [0.717, 1.165) is 11.3 Å². The van der Waals surface area contributed by atoms with Crippen LogP contribution < -0.4 is 16.9 Å². The fraction of sp³-hybridized carbons (Fsp3) is 0.250. The predicted molar refractivity (Wildman–Crippen MR) is 94.0 cm³/mol. The van der Waals surface area contributed by atoms with E-state index in [9.17, 15) is 4.91 Å². The lowest BCUT2D eigenvalue weighted by Crippen LogP contribution is -1.97. The second-order valence-electron chi connectivity index (χ2n) is 4.87. The summed E-state index contributed by atoms with van der Waals surface area (Å²) in [5.74, 6) is 0. The highest BCUT2D eigenvalue weighted by Crippen LogP contribution is 2.23. The van der Waals surface area contributed by atoms with Crippen LogP contribution in [0.4, 0.5) is 22.7 Å². The van der Waals surface area contributed by atoms with Crippen LogP contribution in [0.25, 0.3) is 0 Å². The van der Waals surface area contributed by atoms with Gasteiger partial charge in [0.25, 0.3) is 0 Å². The minimum Gasteiger partial charge on any atom is -0.399 e. The smallest absolute Gasteiger partial charge is 0.113 e. The van der Waals surface area contributed by atoms with Gasteiger partial charge in [0.15, 0.2) is 0 Å². The molecule has 8 nitrogen and oxygen atoms in total. The molecule has 0 radical (unpaired) electrons. The van der Waals surface area contributed by atoms with Crippen molar-refractivity contribution in [3.63, 3.8) is 0 Å². The topological polar surface area (TPSA) is 132 Å². The predicted octanol–water partition coefficient (Wildman–Crippen LogP) is 3.03. The van der Waals surface area contributed by atoms with Crippen LogP contribution in [0, 0.1) is 4.91 Å². The van der Waals surface area contributed by atoms with E-state index in [1.807, 2.05) is 11.5 Å². The Kier molecular flexibility index (Phi) is 8.20. The first-order valence-electron chi connectivity index (χ1n) is 7.03. The van der Waals surface area contributed by atoms with E-state index >= 15 is 0 Å². The number of nitrogen functional groups attached to an aromatic ring is 2. The maximum Gasteiger partial charge on any atom is 0.113 e. The molecule has 0 fully saturated rings. The maximum atomic E-state index is 10.3. The Labute approximate surface area is 140 Å². The number of nitrogens with two attached hydrogens (primary N) is 2. The minimum atomic E-state index is 0.288. The Morgan fingerprint density at radius 3 is 2.29 bits per heavy atom. The van der Waals surface area contributed by atoms with Crippen LogP contribution in [0.5, 0.6) is 0 Å². The molecule has 24 heavy (non-hydrogen) atoms. The van der Waals surface area contributed by atoms with Gasteiger partial charge in [0.05, 0.1) is 18.9 Å². The monoisotopic (exact) mass is 334 g/mol. The number of nitroso groups, excluding NO2 is 1. The van der Waals surface area contributed by atoms with Gasteiger partial charge in [0, 0.05) is 36.7 Å². The van der Waals surface area contributed by atoms with Crippen LogP contribution >= 0.6 is 0 Å². The van der Waals surface area contributed by atoms with Crippen molar-refractivity contribution in [2.75, 3.05) is 31.2 Å². The van der Waals surface area contributed by atoms with E-state index in [0.29, 0.717) is 29.2 Å². The van der Waals surface area contributed by atoms with Crippen LogP contribution in [0.2, 0.25) is 0 Å². The molecule has 0 aliphatic rings. The van der Waals surface area contributed by atoms with Gasteiger partial charge in [0.1, 0.15) is 5.69 Å². The van der Waals surface area contributed by atoms with Gasteiger partial charge in [-0.2, -0.15) is 0 Å². The summed E-state index contributed by atoms with van der Waals surface area (Å²) in [4.78, 5) is 10.3. The summed E-state index contributed by atoms with van der Waals surface area (Å²) in [7, 11) is 3.15. The minimum absolute atomic E-state index is 0.288. The van der Waals surface area contributed by atoms with Crippen LogP contribution in [0.3, 0.4) is 0 Å². The molecule has 0 aliphatic heterocycles. The van der Waals surface area contributed by atoms with Gasteiger partial charge < -0.3 is 20.9 Å². The molecule has 0 atom stereocenters. The van der Waals surface area contributed by atoms with Crippen LogP contribution in [-0.2, 0) is 22.7 Å². The van der Waals surface area contributed by atoms with Crippen molar-refractivity contribution in [3.05, 3.63) is 52.4 Å². The molecule has 0 spiro atoms. The summed E-state index contributed by atoms with van der Waals surface area (Å²) >= 11 is 0. The summed E-state index contributed by atoms with van der Waals surface area (Å²) in [5.41, 5.74) is 17.0. The van der Waals surface area contributed by atoms with Gasteiger partial charge >= 0.3 is 0 Å². The van der Waals surface area contributed by atoms with Gasteiger partial charge in [-0.1, -0.05) is 0 Å². The first-order chi connectivity index (χ1) is 11.5. The number of anilines is 3. The number of hydrogen-bond acceptors (Lipinski definition) is 8. The van der Waals surface area contributed by atoms with E-state index in [-0.39, 0.29) is 6.61 Å². The lowest BCUT2D eigenvalue weighted by atomic mass is 10.2. The zero-order chi connectivity index (χ0) is 17.9. The summed E-state index contributed by atoms with van der Waals surface area (Å²) in [6.45, 7) is 0.799. The van der Waals surface area contributed by atoms with Crippen molar-refractivity contribution in [1.82, 2.24) is 0 Å². The molecule has 0 unspecified atom stereocenters. The maximum absolute atomic E-state index is 10.3. The number of nitrogens with one attached hydrogen (secondary N) is 1. The molecule has 2 aromatic rings. The van der Waals surface area contributed by atoms with Crippen molar-refractivity contribution < 1.29 is 14.7 Å². The first-order valence-corrected chi connectivity index (χ1v) is 7.03. The molecule has 8 heteroatoms. The highest BCUT2D eigenvalue weighted by atomic mass is 16.5. The third kappa shape index (κ3) is 5.84. The van der Waals surface area contributed by atoms with E-state index in [2.05, 4.69) is 5.18 Å². The number of benzene rings is 2. The molecule has 0 amide bonds. The average molecular weight is 334 g/mol. The van der Waals surface area contributed by atoms with Gasteiger partial charge in [-0.15, -0.1) is 4.91 Å². The van der Waals surface area contributed by atoms with Crippen molar-refractivity contribution in [3.8, 4) is 0 Å².